The zero-order chi connectivity index (χ0) is 9.71. The third kappa shape index (κ3) is 75.5. The van der Waals surface area contributed by atoms with Gasteiger partial charge in [0.25, 0.3) is 10.1 Å². The Labute approximate surface area is 66.2 Å². The molecule has 3 N–H and O–H groups in total. The van der Waals surface area contributed by atoms with Gasteiger partial charge in [0.05, 0.1) is 12.0 Å². The Morgan fingerprint density at radius 1 is 1.27 bits per heavy atom. The average Bonchev–Trinajstić information content (AvgIpc) is 1.59. The van der Waals surface area contributed by atoms with Crippen molar-refractivity contribution >= 4 is 20.1 Å². The summed E-state index contributed by atoms with van der Waals surface area (Å²) in [6.45, 7) is 1.50. The highest BCUT2D eigenvalue weighted by molar-refractivity contribution is 7.89. The SMILES string of the molecule is CCS(N)(=O)=O.CS(=O)(=O)O. The molecular formula is C3H11NO5S2. The van der Waals surface area contributed by atoms with Crippen LogP contribution in [0.15, 0.2) is 0 Å². The average molecular weight is 205 g/mol. The van der Waals surface area contributed by atoms with Crippen molar-refractivity contribution < 1.29 is 21.4 Å². The van der Waals surface area contributed by atoms with E-state index in [0.717, 1.165) is 0 Å². The monoisotopic (exact) mass is 205 g/mol. The summed E-state index contributed by atoms with van der Waals surface area (Å²) < 4.78 is 45.4. The summed E-state index contributed by atoms with van der Waals surface area (Å²) in [7, 11) is -6.83. The standard InChI is InChI=1S/C2H7NO2S.CH4O3S/c1-2-6(3,4)5;1-5(2,3)4/h2H2,1H3,(H2,3,4,5);1H3,(H,2,3,4). The highest BCUT2D eigenvalue weighted by Gasteiger charge is 1.90. The van der Waals surface area contributed by atoms with Crippen LogP contribution in [0.4, 0.5) is 0 Å². The minimum Gasteiger partial charge on any atom is -0.286 e. The molecule has 0 fully saturated rings. The molecule has 0 amide bonds. The predicted octanol–water partition coefficient (Wildman–Crippen LogP) is -1.20. The molecule has 0 spiro atoms. The van der Waals surface area contributed by atoms with E-state index in [0.29, 0.717) is 6.26 Å². The van der Waals surface area contributed by atoms with Gasteiger partial charge in [0.15, 0.2) is 0 Å². The number of rotatable bonds is 1. The van der Waals surface area contributed by atoms with Crippen LogP contribution < -0.4 is 5.14 Å². The van der Waals surface area contributed by atoms with Gasteiger partial charge in [-0.25, -0.2) is 13.6 Å². The molecular weight excluding hydrogens is 194 g/mol. The van der Waals surface area contributed by atoms with Crippen molar-refractivity contribution in [1.29, 1.82) is 0 Å². The third-order valence-corrected chi connectivity index (χ3v) is 1.21. The topological polar surface area (TPSA) is 115 Å². The van der Waals surface area contributed by atoms with E-state index >= 15 is 0 Å². The van der Waals surface area contributed by atoms with Gasteiger partial charge in [-0.15, -0.1) is 0 Å². The zero-order valence-corrected chi connectivity index (χ0v) is 7.81. The number of nitrogens with two attached hydrogens (primary N) is 1. The molecule has 0 saturated heterocycles. The lowest BCUT2D eigenvalue weighted by Crippen LogP contribution is -2.13. The summed E-state index contributed by atoms with van der Waals surface area (Å²) in [5.41, 5.74) is 0. The molecule has 0 heterocycles. The molecule has 0 radical (unpaired) electrons. The van der Waals surface area contributed by atoms with Gasteiger partial charge in [-0.3, -0.25) is 4.55 Å². The first kappa shape index (κ1) is 13.4. The molecule has 0 aliphatic carbocycles. The highest BCUT2D eigenvalue weighted by atomic mass is 32.2. The molecule has 0 atom stereocenters. The van der Waals surface area contributed by atoms with Gasteiger partial charge in [-0.1, -0.05) is 0 Å². The van der Waals surface area contributed by atoms with Crippen LogP contribution in [0, 0.1) is 0 Å². The van der Waals surface area contributed by atoms with Crippen molar-refractivity contribution in [2.24, 2.45) is 5.14 Å². The van der Waals surface area contributed by atoms with Gasteiger partial charge in [0.1, 0.15) is 0 Å². The highest BCUT2D eigenvalue weighted by Crippen LogP contribution is 1.68. The molecule has 0 aliphatic rings. The van der Waals surface area contributed by atoms with E-state index in [-0.39, 0.29) is 5.75 Å². The maximum atomic E-state index is 9.78. The maximum absolute atomic E-state index is 9.78. The summed E-state index contributed by atoms with van der Waals surface area (Å²) >= 11 is 0. The fourth-order valence-corrected chi connectivity index (χ4v) is 0. The van der Waals surface area contributed by atoms with Gasteiger partial charge >= 0.3 is 0 Å². The van der Waals surface area contributed by atoms with Gasteiger partial charge in [0.2, 0.25) is 10.0 Å². The van der Waals surface area contributed by atoms with Crippen LogP contribution in [-0.4, -0.2) is 33.4 Å². The maximum Gasteiger partial charge on any atom is 0.261 e. The van der Waals surface area contributed by atoms with E-state index in [1.54, 1.807) is 0 Å². The van der Waals surface area contributed by atoms with Crippen molar-refractivity contribution in [1.82, 2.24) is 0 Å². The molecule has 0 rings (SSSR count). The fourth-order valence-electron chi connectivity index (χ4n) is 0. The van der Waals surface area contributed by atoms with Crippen LogP contribution in [0.5, 0.6) is 0 Å². The van der Waals surface area contributed by atoms with Crippen LogP contribution in [0.25, 0.3) is 0 Å². The molecule has 11 heavy (non-hydrogen) atoms. The first-order valence-corrected chi connectivity index (χ1v) is 6.05. The smallest absolute Gasteiger partial charge is 0.261 e. The van der Waals surface area contributed by atoms with E-state index in [9.17, 15) is 16.8 Å². The molecule has 0 aromatic carbocycles. The number of primary sulfonamides is 1. The largest absolute Gasteiger partial charge is 0.286 e. The van der Waals surface area contributed by atoms with E-state index < -0.39 is 20.1 Å². The second kappa shape index (κ2) is 4.65. The minimum absolute atomic E-state index is 0.0208. The minimum atomic E-state index is -3.67. The lowest BCUT2D eigenvalue weighted by Gasteiger charge is -1.81. The van der Waals surface area contributed by atoms with Gasteiger partial charge in [-0.05, 0) is 6.92 Å². The Hall–Kier alpha value is -0.180. The van der Waals surface area contributed by atoms with Crippen molar-refractivity contribution in [2.75, 3.05) is 12.0 Å². The lowest BCUT2D eigenvalue weighted by molar-refractivity contribution is 0.490. The molecule has 8 heteroatoms. The van der Waals surface area contributed by atoms with E-state index in [1.807, 2.05) is 0 Å². The lowest BCUT2D eigenvalue weighted by atomic mass is 11.0. The first-order valence-electron chi connectivity index (χ1n) is 2.49. The Morgan fingerprint density at radius 2 is 1.36 bits per heavy atom. The molecule has 0 unspecified atom stereocenters. The summed E-state index contributed by atoms with van der Waals surface area (Å²) in [5.74, 6) is 0.0208. The van der Waals surface area contributed by atoms with Crippen molar-refractivity contribution in [3.63, 3.8) is 0 Å². The number of sulfonamides is 1. The zero-order valence-electron chi connectivity index (χ0n) is 6.18. The molecule has 6 nitrogen and oxygen atoms in total. The van der Waals surface area contributed by atoms with Crippen molar-refractivity contribution in [2.45, 2.75) is 6.92 Å². The molecule has 0 bridgehead atoms. The Morgan fingerprint density at radius 3 is 1.36 bits per heavy atom. The van der Waals surface area contributed by atoms with Crippen LogP contribution in [0.1, 0.15) is 6.92 Å². The second-order valence-electron chi connectivity index (χ2n) is 1.68. The Bertz CT molecular complexity index is 267. The van der Waals surface area contributed by atoms with Crippen LogP contribution >= 0.6 is 0 Å². The fraction of sp³-hybridized carbons (Fsp3) is 1.00. The van der Waals surface area contributed by atoms with Gasteiger partial charge < -0.3 is 0 Å². The van der Waals surface area contributed by atoms with E-state index in [2.05, 4.69) is 5.14 Å². The van der Waals surface area contributed by atoms with Crippen LogP contribution in [-0.2, 0) is 20.1 Å². The molecule has 70 valence electrons. The Balaban J connectivity index is 0. The van der Waals surface area contributed by atoms with Crippen LogP contribution in [0.3, 0.4) is 0 Å². The molecule has 0 aromatic heterocycles. The second-order valence-corrected chi connectivity index (χ2v) is 5.05. The number of hydrogen-bond acceptors (Lipinski definition) is 4. The van der Waals surface area contributed by atoms with Crippen molar-refractivity contribution in [3.05, 3.63) is 0 Å². The normalized spacial score (nSPS) is 11.6. The summed E-state index contributed by atoms with van der Waals surface area (Å²) in [6.07, 6.45) is 0.715. The van der Waals surface area contributed by atoms with Crippen LogP contribution in [0.2, 0.25) is 0 Å². The summed E-state index contributed by atoms with van der Waals surface area (Å²) in [6, 6.07) is 0. The van der Waals surface area contributed by atoms with E-state index in [4.69, 9.17) is 4.55 Å². The van der Waals surface area contributed by atoms with Crippen molar-refractivity contribution in [3.8, 4) is 0 Å². The Kier molecular flexibility index (Phi) is 5.67. The number of hydrogen-bond donors (Lipinski definition) is 2. The quantitative estimate of drug-likeness (QED) is 0.522. The molecule has 0 saturated carbocycles. The summed E-state index contributed by atoms with van der Waals surface area (Å²) in [4.78, 5) is 0. The first-order chi connectivity index (χ1) is 4.56. The van der Waals surface area contributed by atoms with Gasteiger partial charge in [-0.2, -0.15) is 8.42 Å². The predicted molar refractivity (Wildman–Crippen MR) is 41.1 cm³/mol. The summed E-state index contributed by atoms with van der Waals surface area (Å²) in [5, 5.41) is 4.51. The molecule has 0 aliphatic heterocycles. The van der Waals surface area contributed by atoms with E-state index in [1.165, 1.54) is 6.92 Å². The molecule has 0 aromatic rings. The third-order valence-electron chi connectivity index (χ3n) is 0.402. The van der Waals surface area contributed by atoms with Gasteiger partial charge in [0, 0.05) is 0 Å².